The normalized spacial score (nSPS) is 14.3. The highest BCUT2D eigenvalue weighted by atomic mass is 32.2. The Morgan fingerprint density at radius 3 is 2.22 bits per heavy atom. The van der Waals surface area contributed by atoms with Crippen LogP contribution >= 0.6 is 0 Å². The van der Waals surface area contributed by atoms with E-state index in [2.05, 4.69) is 4.90 Å². The predicted octanol–water partition coefficient (Wildman–Crippen LogP) is 4.14. The van der Waals surface area contributed by atoms with Gasteiger partial charge in [0, 0.05) is 49.0 Å². The molecular formula is C28H29N3O4S. The molecule has 0 saturated carbocycles. The molecule has 5 rings (SSSR count). The number of carbonyl (C=O) groups is 1. The molecule has 186 valence electrons. The Morgan fingerprint density at radius 2 is 1.56 bits per heavy atom. The Balaban J connectivity index is 1.34. The van der Waals surface area contributed by atoms with Crippen molar-refractivity contribution in [3.8, 4) is 5.75 Å². The highest BCUT2D eigenvalue weighted by Crippen LogP contribution is 2.30. The van der Waals surface area contributed by atoms with Gasteiger partial charge in [-0.25, -0.2) is 8.42 Å². The number of hydrogen-bond acceptors (Lipinski definition) is 5. The quantitative estimate of drug-likeness (QED) is 0.396. The summed E-state index contributed by atoms with van der Waals surface area (Å²) >= 11 is 0. The van der Waals surface area contributed by atoms with Crippen molar-refractivity contribution in [1.29, 1.82) is 0 Å². The number of piperazine rings is 1. The Labute approximate surface area is 211 Å². The zero-order valence-corrected chi connectivity index (χ0v) is 21.2. The zero-order valence-electron chi connectivity index (χ0n) is 20.4. The minimum absolute atomic E-state index is 0.0237. The van der Waals surface area contributed by atoms with E-state index in [0.717, 1.165) is 35.6 Å². The van der Waals surface area contributed by atoms with Gasteiger partial charge in [0.2, 0.25) is 15.7 Å². The molecule has 1 aromatic heterocycles. The molecule has 1 amide bonds. The van der Waals surface area contributed by atoms with Crippen molar-refractivity contribution >= 4 is 32.3 Å². The average Bonchev–Trinajstić information content (AvgIpc) is 3.28. The predicted molar refractivity (Wildman–Crippen MR) is 140 cm³/mol. The van der Waals surface area contributed by atoms with E-state index in [1.165, 1.54) is 0 Å². The summed E-state index contributed by atoms with van der Waals surface area (Å²) < 4.78 is 33.9. The molecular weight excluding hydrogens is 474 g/mol. The standard InChI is InChI=1S/C28H29N3O4S/c1-21-7-13-24(14-8-21)36(33,34)27-19-31(26-6-4-3-5-25(26)27)20-28(32)30-17-15-29(16-18-30)22-9-11-23(35-2)12-10-22/h3-14,19H,15-18,20H2,1-2H3. The number of rotatable bonds is 6. The number of fused-ring (bicyclic) bond motifs is 1. The summed E-state index contributed by atoms with van der Waals surface area (Å²) in [6, 6.07) is 22.1. The lowest BCUT2D eigenvalue weighted by atomic mass is 10.2. The maximum atomic E-state index is 13.4. The lowest BCUT2D eigenvalue weighted by molar-refractivity contribution is -0.132. The highest BCUT2D eigenvalue weighted by Gasteiger charge is 2.26. The molecule has 1 fully saturated rings. The van der Waals surface area contributed by atoms with Crippen molar-refractivity contribution in [2.75, 3.05) is 38.2 Å². The summed E-state index contributed by atoms with van der Waals surface area (Å²) in [4.78, 5) is 17.8. The number of nitrogens with zero attached hydrogens (tertiary/aromatic N) is 3. The average molecular weight is 504 g/mol. The zero-order chi connectivity index (χ0) is 25.3. The molecule has 0 bridgehead atoms. The van der Waals surface area contributed by atoms with Crippen molar-refractivity contribution in [2.24, 2.45) is 0 Å². The van der Waals surface area contributed by atoms with Crippen LogP contribution in [0.5, 0.6) is 5.75 Å². The molecule has 1 aliphatic rings. The molecule has 0 N–H and O–H groups in total. The first-order valence-electron chi connectivity index (χ1n) is 11.9. The number of para-hydroxylation sites is 1. The monoisotopic (exact) mass is 503 g/mol. The Bertz CT molecular complexity index is 1480. The third-order valence-corrected chi connectivity index (χ3v) is 8.55. The number of anilines is 1. The van der Waals surface area contributed by atoms with Gasteiger partial charge in [-0.05, 0) is 49.4 Å². The minimum atomic E-state index is -3.73. The fourth-order valence-electron chi connectivity index (χ4n) is 4.66. The molecule has 1 saturated heterocycles. The van der Waals surface area contributed by atoms with Crippen LogP contribution in [0.1, 0.15) is 5.56 Å². The number of sulfone groups is 1. The van der Waals surface area contributed by atoms with Gasteiger partial charge in [0.05, 0.1) is 16.9 Å². The molecule has 0 unspecified atom stereocenters. The number of methoxy groups -OCH3 is 1. The molecule has 1 aliphatic heterocycles. The first kappa shape index (κ1) is 23.9. The summed E-state index contributed by atoms with van der Waals surface area (Å²) in [5.74, 6) is 0.791. The van der Waals surface area contributed by atoms with Crippen LogP contribution in [-0.2, 0) is 21.2 Å². The number of aromatic nitrogens is 1. The van der Waals surface area contributed by atoms with Crippen LogP contribution in [0.15, 0.2) is 88.8 Å². The van der Waals surface area contributed by atoms with Gasteiger partial charge in [-0.3, -0.25) is 4.79 Å². The second-order valence-electron chi connectivity index (χ2n) is 9.02. The number of amides is 1. The third-order valence-electron chi connectivity index (χ3n) is 6.75. The fraction of sp³-hybridized carbons (Fsp3) is 0.250. The van der Waals surface area contributed by atoms with Crippen LogP contribution in [0.25, 0.3) is 10.9 Å². The maximum absolute atomic E-state index is 13.4. The number of aryl methyl sites for hydroxylation is 1. The lowest BCUT2D eigenvalue weighted by Gasteiger charge is -2.36. The van der Waals surface area contributed by atoms with E-state index in [9.17, 15) is 13.2 Å². The minimum Gasteiger partial charge on any atom is -0.497 e. The summed E-state index contributed by atoms with van der Waals surface area (Å²) in [7, 11) is -2.08. The fourth-order valence-corrected chi connectivity index (χ4v) is 6.13. The van der Waals surface area contributed by atoms with E-state index in [-0.39, 0.29) is 22.2 Å². The van der Waals surface area contributed by atoms with Gasteiger partial charge in [-0.1, -0.05) is 35.9 Å². The highest BCUT2D eigenvalue weighted by molar-refractivity contribution is 7.91. The molecule has 7 nitrogen and oxygen atoms in total. The van der Waals surface area contributed by atoms with Crippen LogP contribution in [0.3, 0.4) is 0 Å². The van der Waals surface area contributed by atoms with Gasteiger partial charge in [0.15, 0.2) is 0 Å². The van der Waals surface area contributed by atoms with Gasteiger partial charge < -0.3 is 19.1 Å². The molecule has 3 aromatic carbocycles. The second-order valence-corrected chi connectivity index (χ2v) is 10.9. The summed E-state index contributed by atoms with van der Waals surface area (Å²) in [6.45, 7) is 4.70. The molecule has 2 heterocycles. The summed E-state index contributed by atoms with van der Waals surface area (Å²) in [5.41, 5.74) is 2.83. The number of hydrogen-bond donors (Lipinski definition) is 0. The molecule has 36 heavy (non-hydrogen) atoms. The van der Waals surface area contributed by atoms with E-state index < -0.39 is 9.84 Å². The Kier molecular flexibility index (Phi) is 6.45. The van der Waals surface area contributed by atoms with Crippen molar-refractivity contribution in [1.82, 2.24) is 9.47 Å². The van der Waals surface area contributed by atoms with Gasteiger partial charge in [0.1, 0.15) is 12.3 Å². The van der Waals surface area contributed by atoms with E-state index in [1.54, 1.807) is 48.2 Å². The van der Waals surface area contributed by atoms with Crippen LogP contribution in [0, 0.1) is 6.92 Å². The van der Waals surface area contributed by atoms with E-state index in [0.29, 0.717) is 18.5 Å². The van der Waals surface area contributed by atoms with Crippen LogP contribution in [0.2, 0.25) is 0 Å². The summed E-state index contributed by atoms with van der Waals surface area (Å²) in [6.07, 6.45) is 1.60. The molecule has 0 atom stereocenters. The van der Waals surface area contributed by atoms with Crippen LogP contribution in [0.4, 0.5) is 5.69 Å². The van der Waals surface area contributed by atoms with Gasteiger partial charge >= 0.3 is 0 Å². The molecule has 0 spiro atoms. The first-order valence-corrected chi connectivity index (χ1v) is 13.4. The van der Waals surface area contributed by atoms with Crippen LogP contribution in [-0.4, -0.2) is 57.1 Å². The Hall–Kier alpha value is -3.78. The number of carbonyl (C=O) groups excluding carboxylic acids is 1. The van der Waals surface area contributed by atoms with Crippen molar-refractivity contribution < 1.29 is 17.9 Å². The lowest BCUT2D eigenvalue weighted by Crippen LogP contribution is -2.49. The van der Waals surface area contributed by atoms with Gasteiger partial charge in [0.25, 0.3) is 0 Å². The van der Waals surface area contributed by atoms with E-state index in [4.69, 9.17) is 4.74 Å². The van der Waals surface area contributed by atoms with Crippen molar-refractivity contribution in [3.63, 3.8) is 0 Å². The van der Waals surface area contributed by atoms with E-state index >= 15 is 0 Å². The van der Waals surface area contributed by atoms with Crippen LogP contribution < -0.4 is 9.64 Å². The van der Waals surface area contributed by atoms with Crippen molar-refractivity contribution in [3.05, 3.63) is 84.6 Å². The number of benzene rings is 3. The van der Waals surface area contributed by atoms with E-state index in [1.807, 2.05) is 54.3 Å². The second kappa shape index (κ2) is 9.70. The van der Waals surface area contributed by atoms with Crippen molar-refractivity contribution in [2.45, 2.75) is 23.3 Å². The largest absolute Gasteiger partial charge is 0.497 e. The smallest absolute Gasteiger partial charge is 0.242 e. The van der Waals surface area contributed by atoms with Gasteiger partial charge in [-0.15, -0.1) is 0 Å². The SMILES string of the molecule is COc1ccc(N2CCN(C(=O)Cn3cc(S(=O)(=O)c4ccc(C)cc4)c4ccccc43)CC2)cc1. The molecule has 4 aromatic rings. The first-order chi connectivity index (χ1) is 17.4. The Morgan fingerprint density at radius 1 is 0.889 bits per heavy atom. The molecule has 8 heteroatoms. The third kappa shape index (κ3) is 4.56. The topological polar surface area (TPSA) is 71.8 Å². The maximum Gasteiger partial charge on any atom is 0.242 e. The molecule has 0 aliphatic carbocycles. The summed E-state index contributed by atoms with van der Waals surface area (Å²) in [5, 5.41) is 0.621. The molecule has 0 radical (unpaired) electrons. The number of ether oxygens (including phenoxy) is 1. The van der Waals surface area contributed by atoms with Gasteiger partial charge in [-0.2, -0.15) is 0 Å².